The van der Waals surface area contributed by atoms with E-state index in [-0.39, 0.29) is 28.7 Å². The Labute approximate surface area is 178 Å². The first-order valence-corrected chi connectivity index (χ1v) is 12.0. The van der Waals surface area contributed by atoms with Crippen LogP contribution in [-0.2, 0) is 9.59 Å². The fraction of sp³-hybridized carbons (Fsp3) is 0.600. The van der Waals surface area contributed by atoms with E-state index in [9.17, 15) is 9.59 Å². The van der Waals surface area contributed by atoms with Crippen LogP contribution in [0.4, 0.5) is 0 Å². The SMILES string of the molecule is C[C@]12C=CC(=O)NC1CCC1C2CC[C@@]2(C)C1CC[C@@H]2C(=O)Sc1ccccc1. The summed E-state index contributed by atoms with van der Waals surface area (Å²) in [5.41, 5.74) is 0.198. The number of hydrogen-bond acceptors (Lipinski definition) is 3. The van der Waals surface area contributed by atoms with Crippen molar-refractivity contribution in [3.05, 3.63) is 42.5 Å². The molecule has 4 aliphatic rings. The molecule has 7 atom stereocenters. The first-order valence-electron chi connectivity index (χ1n) is 11.2. The van der Waals surface area contributed by atoms with E-state index in [1.807, 2.05) is 30.3 Å². The van der Waals surface area contributed by atoms with Gasteiger partial charge in [-0.2, -0.15) is 0 Å². The summed E-state index contributed by atoms with van der Waals surface area (Å²) < 4.78 is 0. The van der Waals surface area contributed by atoms with Crippen molar-refractivity contribution in [3.63, 3.8) is 0 Å². The molecule has 1 N–H and O–H groups in total. The van der Waals surface area contributed by atoms with Crippen LogP contribution in [0.1, 0.15) is 52.4 Å². The van der Waals surface area contributed by atoms with Gasteiger partial charge >= 0.3 is 0 Å². The van der Waals surface area contributed by atoms with Crippen LogP contribution in [0.5, 0.6) is 0 Å². The predicted molar refractivity (Wildman–Crippen MR) is 116 cm³/mol. The van der Waals surface area contributed by atoms with Gasteiger partial charge in [0.25, 0.3) is 0 Å². The zero-order chi connectivity index (χ0) is 20.2. The second-order valence-electron chi connectivity index (χ2n) is 10.1. The van der Waals surface area contributed by atoms with Crippen molar-refractivity contribution in [2.24, 2.45) is 34.5 Å². The Balaban J connectivity index is 1.38. The van der Waals surface area contributed by atoms with Gasteiger partial charge < -0.3 is 5.32 Å². The standard InChI is InChI=1S/C25H31NO2S/c1-24-14-12-19-17(8-11-21-25(19,2)15-13-22(27)26-21)18(24)9-10-20(24)23(28)29-16-6-4-3-5-7-16/h3-7,13,15,17-21H,8-12,14H2,1-2H3,(H,26,27)/t17?,18?,19?,20-,21?,24+,25-/m1/s1. The molecule has 3 saturated carbocycles. The van der Waals surface area contributed by atoms with Crippen LogP contribution in [0, 0.1) is 34.5 Å². The van der Waals surface area contributed by atoms with Crippen molar-refractivity contribution in [2.45, 2.75) is 63.3 Å². The van der Waals surface area contributed by atoms with Crippen LogP contribution in [0.3, 0.4) is 0 Å². The average Bonchev–Trinajstić information content (AvgIpc) is 3.06. The number of hydrogen-bond donors (Lipinski definition) is 1. The number of carbonyl (C=O) groups excluding carboxylic acids is 2. The van der Waals surface area contributed by atoms with Crippen LogP contribution >= 0.6 is 11.8 Å². The zero-order valence-electron chi connectivity index (χ0n) is 17.4. The number of rotatable bonds is 2. The van der Waals surface area contributed by atoms with E-state index in [4.69, 9.17) is 0 Å². The monoisotopic (exact) mass is 409 g/mol. The van der Waals surface area contributed by atoms with E-state index in [1.165, 1.54) is 31.0 Å². The molecule has 4 heteroatoms. The fourth-order valence-corrected chi connectivity index (χ4v) is 8.45. The molecule has 3 aliphatic carbocycles. The third-order valence-electron chi connectivity index (χ3n) is 8.93. The van der Waals surface area contributed by atoms with E-state index in [1.54, 1.807) is 6.08 Å². The second-order valence-corrected chi connectivity index (χ2v) is 11.2. The molecule has 1 amide bonds. The summed E-state index contributed by atoms with van der Waals surface area (Å²) >= 11 is 1.44. The van der Waals surface area contributed by atoms with Gasteiger partial charge in [0.1, 0.15) is 0 Å². The molecule has 0 aromatic heterocycles. The lowest BCUT2D eigenvalue weighted by Gasteiger charge is -2.58. The molecule has 4 unspecified atom stereocenters. The lowest BCUT2D eigenvalue weighted by atomic mass is 9.48. The highest BCUT2D eigenvalue weighted by Gasteiger charge is 2.60. The molecule has 3 nitrogen and oxygen atoms in total. The fourth-order valence-electron chi connectivity index (χ4n) is 7.40. The van der Waals surface area contributed by atoms with Crippen molar-refractivity contribution in [3.8, 4) is 0 Å². The highest BCUT2D eigenvalue weighted by atomic mass is 32.2. The van der Waals surface area contributed by atoms with Gasteiger partial charge in [0.2, 0.25) is 5.91 Å². The lowest BCUT2D eigenvalue weighted by molar-refractivity contribution is -0.126. The van der Waals surface area contributed by atoms with Crippen molar-refractivity contribution in [2.75, 3.05) is 0 Å². The number of amides is 1. The van der Waals surface area contributed by atoms with Crippen molar-refractivity contribution < 1.29 is 9.59 Å². The molecule has 1 heterocycles. The molecule has 1 aliphatic heterocycles. The minimum absolute atomic E-state index is 0.0658. The Kier molecular flexibility index (Phi) is 4.69. The molecule has 0 spiro atoms. The minimum Gasteiger partial charge on any atom is -0.349 e. The highest BCUT2D eigenvalue weighted by molar-refractivity contribution is 8.13. The van der Waals surface area contributed by atoms with Gasteiger partial charge in [-0.25, -0.2) is 0 Å². The van der Waals surface area contributed by atoms with E-state index in [2.05, 4.69) is 25.2 Å². The van der Waals surface area contributed by atoms with E-state index >= 15 is 0 Å². The van der Waals surface area contributed by atoms with Crippen molar-refractivity contribution >= 4 is 22.8 Å². The molecule has 1 aromatic carbocycles. The second kappa shape index (κ2) is 7.01. The smallest absolute Gasteiger partial charge is 0.243 e. The Morgan fingerprint density at radius 2 is 1.83 bits per heavy atom. The minimum atomic E-state index is 0.0658. The first-order chi connectivity index (χ1) is 13.9. The molecule has 0 saturated heterocycles. The van der Waals surface area contributed by atoms with Gasteiger partial charge in [0, 0.05) is 22.3 Å². The summed E-state index contributed by atoms with van der Waals surface area (Å²) in [6, 6.07) is 10.4. The van der Waals surface area contributed by atoms with E-state index in [0.717, 1.165) is 24.2 Å². The normalized spacial score (nSPS) is 43.1. The molecule has 5 rings (SSSR count). The summed E-state index contributed by atoms with van der Waals surface area (Å²) in [5, 5.41) is 3.60. The Hall–Kier alpha value is -1.55. The lowest BCUT2D eigenvalue weighted by Crippen LogP contribution is -2.59. The summed E-state index contributed by atoms with van der Waals surface area (Å²) in [7, 11) is 0. The van der Waals surface area contributed by atoms with Gasteiger partial charge in [-0.1, -0.05) is 49.9 Å². The van der Waals surface area contributed by atoms with Crippen molar-refractivity contribution in [1.29, 1.82) is 0 Å². The largest absolute Gasteiger partial charge is 0.349 e. The van der Waals surface area contributed by atoms with Crippen LogP contribution in [0.2, 0.25) is 0 Å². The summed E-state index contributed by atoms with van der Waals surface area (Å²) in [6.07, 6.45) is 10.7. The molecule has 1 aromatic rings. The topological polar surface area (TPSA) is 46.2 Å². The number of fused-ring (bicyclic) bond motifs is 5. The predicted octanol–water partition coefficient (Wildman–Crippen LogP) is 5.22. The van der Waals surface area contributed by atoms with Crippen molar-refractivity contribution in [1.82, 2.24) is 5.32 Å². The van der Waals surface area contributed by atoms with Crippen LogP contribution in [0.25, 0.3) is 0 Å². The average molecular weight is 410 g/mol. The number of thioether (sulfide) groups is 1. The number of carbonyl (C=O) groups is 2. The summed E-state index contributed by atoms with van der Waals surface area (Å²) in [5.74, 6) is 2.16. The molecule has 154 valence electrons. The van der Waals surface area contributed by atoms with Gasteiger partial charge in [0.15, 0.2) is 5.12 Å². The Bertz CT molecular complexity index is 852. The molecule has 29 heavy (non-hydrogen) atoms. The Morgan fingerprint density at radius 3 is 2.62 bits per heavy atom. The van der Waals surface area contributed by atoms with Gasteiger partial charge in [-0.15, -0.1) is 0 Å². The third kappa shape index (κ3) is 3.01. The maximum atomic E-state index is 13.3. The highest BCUT2D eigenvalue weighted by Crippen LogP contribution is 2.65. The quantitative estimate of drug-likeness (QED) is 0.681. The summed E-state index contributed by atoms with van der Waals surface area (Å²) in [4.78, 5) is 26.2. The molecule has 0 bridgehead atoms. The van der Waals surface area contributed by atoms with Crippen LogP contribution in [-0.4, -0.2) is 17.1 Å². The Morgan fingerprint density at radius 1 is 1.03 bits per heavy atom. The summed E-state index contributed by atoms with van der Waals surface area (Å²) in [6.45, 7) is 4.76. The van der Waals surface area contributed by atoms with E-state index in [0.29, 0.717) is 22.9 Å². The maximum absolute atomic E-state index is 13.3. The third-order valence-corrected chi connectivity index (χ3v) is 9.93. The maximum Gasteiger partial charge on any atom is 0.243 e. The molecular formula is C25H31NO2S. The molecule has 0 radical (unpaired) electrons. The number of nitrogens with one attached hydrogen (secondary N) is 1. The van der Waals surface area contributed by atoms with Crippen LogP contribution < -0.4 is 5.32 Å². The molecule has 3 fully saturated rings. The number of benzene rings is 1. The van der Waals surface area contributed by atoms with Gasteiger partial charge in [-0.05, 0) is 79.9 Å². The van der Waals surface area contributed by atoms with Gasteiger partial charge in [0.05, 0.1) is 0 Å². The zero-order valence-corrected chi connectivity index (χ0v) is 18.2. The van der Waals surface area contributed by atoms with Gasteiger partial charge in [-0.3, -0.25) is 9.59 Å². The first kappa shape index (κ1) is 19.4. The van der Waals surface area contributed by atoms with E-state index < -0.39 is 0 Å². The molecular weight excluding hydrogens is 378 g/mol. The van der Waals surface area contributed by atoms with Crippen LogP contribution in [0.15, 0.2) is 47.4 Å².